The Morgan fingerprint density at radius 3 is 2.83 bits per heavy atom. The second-order valence-electron chi connectivity index (χ2n) is 5.52. The van der Waals surface area contributed by atoms with Gasteiger partial charge in [-0.15, -0.1) is 24.0 Å². The van der Waals surface area contributed by atoms with Gasteiger partial charge in [0.2, 0.25) is 0 Å². The first-order chi connectivity index (χ1) is 10.7. The summed E-state index contributed by atoms with van der Waals surface area (Å²) >= 11 is 0. The number of hydrogen-bond donors (Lipinski definition) is 2. The molecule has 0 saturated carbocycles. The Labute approximate surface area is 154 Å². The van der Waals surface area contributed by atoms with Crippen LogP contribution in [0.1, 0.15) is 23.1 Å². The van der Waals surface area contributed by atoms with Crippen LogP contribution in [0.15, 0.2) is 47.5 Å². The van der Waals surface area contributed by atoms with Crippen LogP contribution in [0, 0.1) is 0 Å². The van der Waals surface area contributed by atoms with Crippen LogP contribution in [-0.2, 0) is 19.4 Å². The van der Waals surface area contributed by atoms with Crippen molar-refractivity contribution in [3.63, 3.8) is 0 Å². The Balaban J connectivity index is 0.00000192. The predicted molar refractivity (Wildman–Crippen MR) is 106 cm³/mol. The number of ether oxygens (including phenoxy) is 1. The minimum absolute atomic E-state index is 0. The molecule has 0 fully saturated rings. The Hall–Kier alpha value is -1.76. The number of guanidine groups is 1. The molecule has 0 aliphatic heterocycles. The molecule has 0 radical (unpaired) electrons. The molecule has 3 rings (SSSR count). The third-order valence-electron chi connectivity index (χ3n) is 3.94. The van der Waals surface area contributed by atoms with Crippen LogP contribution < -0.4 is 15.8 Å². The van der Waals surface area contributed by atoms with Crippen LogP contribution in [-0.4, -0.2) is 13.1 Å². The summed E-state index contributed by atoms with van der Waals surface area (Å²) in [5.41, 5.74) is 11.0. The molecular weight excluding hydrogens is 401 g/mol. The number of halogens is 1. The van der Waals surface area contributed by atoms with Crippen LogP contribution in [0.25, 0.3) is 0 Å². The Morgan fingerprint density at radius 2 is 2.00 bits per heavy atom. The van der Waals surface area contributed by atoms with E-state index >= 15 is 0 Å². The minimum Gasteiger partial charge on any atom is -0.497 e. The Bertz CT molecular complexity index is 700. The SMILES string of the molecule is COc1cccc(NC(N)=NCc2ccc3c(c2)CCC3)c1.I. The maximum Gasteiger partial charge on any atom is 0.193 e. The normalized spacial score (nSPS) is 13.2. The molecule has 0 heterocycles. The molecule has 0 aromatic heterocycles. The second kappa shape index (κ2) is 8.19. The van der Waals surface area contributed by atoms with E-state index in [0.29, 0.717) is 12.5 Å². The van der Waals surface area contributed by atoms with Gasteiger partial charge in [-0.25, -0.2) is 4.99 Å². The first-order valence-electron chi connectivity index (χ1n) is 7.56. The van der Waals surface area contributed by atoms with E-state index in [1.165, 1.54) is 36.0 Å². The summed E-state index contributed by atoms with van der Waals surface area (Å²) < 4.78 is 5.19. The van der Waals surface area contributed by atoms with Crippen LogP contribution in [0.3, 0.4) is 0 Å². The molecule has 2 aromatic rings. The third kappa shape index (κ3) is 4.60. The molecule has 0 spiro atoms. The largest absolute Gasteiger partial charge is 0.497 e. The van der Waals surface area contributed by atoms with Crippen LogP contribution in [0.5, 0.6) is 5.75 Å². The fourth-order valence-electron chi connectivity index (χ4n) is 2.79. The van der Waals surface area contributed by atoms with Gasteiger partial charge in [0.25, 0.3) is 0 Å². The average Bonchev–Trinajstić information content (AvgIpc) is 3.00. The van der Waals surface area contributed by atoms with Gasteiger partial charge in [0.15, 0.2) is 5.96 Å². The van der Waals surface area contributed by atoms with Crippen LogP contribution in [0.4, 0.5) is 5.69 Å². The highest BCUT2D eigenvalue weighted by Gasteiger charge is 2.10. The maximum absolute atomic E-state index is 5.96. The molecule has 2 aromatic carbocycles. The summed E-state index contributed by atoms with van der Waals surface area (Å²) in [6.07, 6.45) is 3.66. The summed E-state index contributed by atoms with van der Waals surface area (Å²) in [5, 5.41) is 3.09. The van der Waals surface area contributed by atoms with Gasteiger partial charge >= 0.3 is 0 Å². The third-order valence-corrected chi connectivity index (χ3v) is 3.94. The van der Waals surface area contributed by atoms with E-state index in [-0.39, 0.29) is 24.0 Å². The van der Waals surface area contributed by atoms with Gasteiger partial charge in [0.1, 0.15) is 5.75 Å². The quantitative estimate of drug-likeness (QED) is 0.448. The fourth-order valence-corrected chi connectivity index (χ4v) is 2.79. The summed E-state index contributed by atoms with van der Waals surface area (Å²) in [7, 11) is 1.64. The lowest BCUT2D eigenvalue weighted by molar-refractivity contribution is 0.415. The molecule has 23 heavy (non-hydrogen) atoms. The highest BCUT2D eigenvalue weighted by Crippen LogP contribution is 2.23. The summed E-state index contributed by atoms with van der Waals surface area (Å²) in [5.74, 6) is 1.20. The number of benzene rings is 2. The molecule has 0 amide bonds. The second-order valence-corrected chi connectivity index (χ2v) is 5.52. The molecule has 0 saturated heterocycles. The van der Waals surface area contributed by atoms with Gasteiger partial charge in [-0.2, -0.15) is 0 Å². The molecule has 0 bridgehead atoms. The highest BCUT2D eigenvalue weighted by atomic mass is 127. The number of nitrogens with two attached hydrogens (primary N) is 1. The summed E-state index contributed by atoms with van der Waals surface area (Å²) in [4.78, 5) is 4.41. The number of anilines is 1. The summed E-state index contributed by atoms with van der Waals surface area (Å²) in [6.45, 7) is 0.593. The van der Waals surface area contributed by atoms with Crippen molar-refractivity contribution in [2.45, 2.75) is 25.8 Å². The van der Waals surface area contributed by atoms with Crippen molar-refractivity contribution < 1.29 is 4.74 Å². The van der Waals surface area contributed by atoms with Crippen molar-refractivity contribution in [1.29, 1.82) is 0 Å². The van der Waals surface area contributed by atoms with Crippen molar-refractivity contribution in [1.82, 2.24) is 0 Å². The maximum atomic E-state index is 5.96. The number of fused-ring (bicyclic) bond motifs is 1. The standard InChI is InChI=1S/C18H21N3O.HI/c1-22-17-7-3-6-16(11-17)21-18(19)20-12-13-8-9-14-4-2-5-15(14)10-13;/h3,6-11H,2,4-5,12H2,1H3,(H3,19,20,21);1H. The lowest BCUT2D eigenvalue weighted by atomic mass is 10.1. The van der Waals surface area contributed by atoms with Crippen molar-refractivity contribution in [3.05, 3.63) is 59.2 Å². The number of aliphatic imine (C=N–C) groups is 1. The predicted octanol–water partition coefficient (Wildman–Crippen LogP) is 3.73. The number of hydrogen-bond acceptors (Lipinski definition) is 2. The zero-order chi connectivity index (χ0) is 15.4. The number of nitrogens with one attached hydrogen (secondary N) is 1. The molecule has 1 aliphatic rings. The molecule has 0 atom stereocenters. The van der Waals surface area contributed by atoms with E-state index in [0.717, 1.165) is 11.4 Å². The van der Waals surface area contributed by atoms with Crippen molar-refractivity contribution in [3.8, 4) is 5.75 Å². The van der Waals surface area contributed by atoms with Gasteiger partial charge in [-0.3, -0.25) is 0 Å². The monoisotopic (exact) mass is 423 g/mol. The van der Waals surface area contributed by atoms with Gasteiger partial charge in [-0.05, 0) is 48.1 Å². The van der Waals surface area contributed by atoms with Crippen molar-refractivity contribution in [2.24, 2.45) is 10.7 Å². The molecule has 3 N–H and O–H groups in total. The highest BCUT2D eigenvalue weighted by molar-refractivity contribution is 14.0. The molecule has 4 nitrogen and oxygen atoms in total. The lowest BCUT2D eigenvalue weighted by Gasteiger charge is -2.08. The van der Waals surface area contributed by atoms with Gasteiger partial charge in [-0.1, -0.05) is 24.3 Å². The van der Waals surface area contributed by atoms with Crippen LogP contribution in [0.2, 0.25) is 0 Å². The van der Waals surface area contributed by atoms with Crippen LogP contribution >= 0.6 is 24.0 Å². The van der Waals surface area contributed by atoms with Gasteiger partial charge in [0.05, 0.1) is 13.7 Å². The number of aryl methyl sites for hydroxylation is 2. The van der Waals surface area contributed by atoms with E-state index in [1.807, 2.05) is 24.3 Å². The Kier molecular flexibility index (Phi) is 6.27. The van der Waals surface area contributed by atoms with Crippen molar-refractivity contribution >= 4 is 35.6 Å². The smallest absolute Gasteiger partial charge is 0.193 e. The van der Waals surface area contributed by atoms with E-state index in [9.17, 15) is 0 Å². The Morgan fingerprint density at radius 1 is 1.17 bits per heavy atom. The molecule has 0 unspecified atom stereocenters. The van der Waals surface area contributed by atoms with E-state index in [2.05, 4.69) is 28.5 Å². The first kappa shape index (κ1) is 17.6. The van der Waals surface area contributed by atoms with Gasteiger partial charge < -0.3 is 15.8 Å². The number of nitrogens with zero attached hydrogens (tertiary/aromatic N) is 1. The van der Waals surface area contributed by atoms with E-state index in [1.54, 1.807) is 7.11 Å². The lowest BCUT2D eigenvalue weighted by Crippen LogP contribution is -2.22. The number of methoxy groups -OCH3 is 1. The molecule has 122 valence electrons. The van der Waals surface area contributed by atoms with Gasteiger partial charge in [0, 0.05) is 11.8 Å². The first-order valence-corrected chi connectivity index (χ1v) is 7.56. The zero-order valence-corrected chi connectivity index (χ0v) is 15.5. The van der Waals surface area contributed by atoms with E-state index in [4.69, 9.17) is 10.5 Å². The zero-order valence-electron chi connectivity index (χ0n) is 13.2. The van der Waals surface area contributed by atoms with E-state index < -0.39 is 0 Å². The number of rotatable bonds is 4. The molecule has 5 heteroatoms. The average molecular weight is 423 g/mol. The minimum atomic E-state index is 0. The molecule has 1 aliphatic carbocycles. The molecular formula is C18H22IN3O. The summed E-state index contributed by atoms with van der Waals surface area (Å²) in [6, 6.07) is 14.2. The van der Waals surface area contributed by atoms with Crippen molar-refractivity contribution in [2.75, 3.05) is 12.4 Å². The topological polar surface area (TPSA) is 59.6 Å². The fraction of sp³-hybridized carbons (Fsp3) is 0.278.